The van der Waals surface area contributed by atoms with Crippen molar-refractivity contribution in [2.24, 2.45) is 5.92 Å². The van der Waals surface area contributed by atoms with Crippen LogP contribution in [0.4, 0.5) is 0 Å². The average molecular weight is 446 g/mol. The highest BCUT2D eigenvalue weighted by Gasteiger charge is 2.23. The summed E-state index contributed by atoms with van der Waals surface area (Å²) in [6.07, 6.45) is 6.15. The molecule has 1 aliphatic heterocycles. The van der Waals surface area contributed by atoms with Gasteiger partial charge >= 0.3 is 0 Å². The minimum atomic E-state index is 0.290. The van der Waals surface area contributed by atoms with E-state index in [-0.39, 0.29) is 0 Å². The second-order valence-electron chi connectivity index (χ2n) is 9.17. The zero-order valence-electron chi connectivity index (χ0n) is 19.8. The van der Waals surface area contributed by atoms with Gasteiger partial charge in [-0.15, -0.1) is 0 Å². The Kier molecular flexibility index (Phi) is 7.97. The van der Waals surface area contributed by atoms with Gasteiger partial charge < -0.3 is 9.84 Å². The molecule has 174 valence electrons. The molecule has 0 atom stereocenters. The van der Waals surface area contributed by atoms with Crippen LogP contribution in [0.5, 0.6) is 11.5 Å². The van der Waals surface area contributed by atoms with Crippen LogP contribution in [0.25, 0.3) is 0 Å². The van der Waals surface area contributed by atoms with Gasteiger partial charge in [-0.05, 0) is 67.6 Å². The summed E-state index contributed by atoms with van der Waals surface area (Å²) < 4.78 is 5.25. The fourth-order valence-corrected chi connectivity index (χ4v) is 4.70. The van der Waals surface area contributed by atoms with Crippen LogP contribution in [0.3, 0.4) is 0 Å². The Bertz CT molecular complexity index is 1020. The van der Waals surface area contributed by atoms with E-state index >= 15 is 0 Å². The first-order valence-electron chi connectivity index (χ1n) is 11.8. The lowest BCUT2D eigenvalue weighted by atomic mass is 9.95. The number of phenols is 1. The van der Waals surface area contributed by atoms with Crippen LogP contribution >= 0.6 is 0 Å². The highest BCUT2D eigenvalue weighted by molar-refractivity contribution is 5.39. The lowest BCUT2D eigenvalue weighted by Gasteiger charge is -2.35. The monoisotopic (exact) mass is 445 g/mol. The summed E-state index contributed by atoms with van der Waals surface area (Å²) in [5.41, 5.74) is 4.94. The molecule has 2 aromatic carbocycles. The van der Waals surface area contributed by atoms with E-state index in [4.69, 9.17) is 4.74 Å². The van der Waals surface area contributed by atoms with Crippen LogP contribution in [-0.4, -0.2) is 46.6 Å². The van der Waals surface area contributed by atoms with Gasteiger partial charge in [0.05, 0.1) is 7.11 Å². The Morgan fingerprint density at radius 2 is 1.85 bits per heavy atom. The molecule has 0 amide bonds. The molecule has 2 heterocycles. The maximum Gasteiger partial charge on any atom is 0.123 e. The zero-order valence-corrected chi connectivity index (χ0v) is 19.8. The average Bonchev–Trinajstić information content (AvgIpc) is 2.83. The normalized spacial score (nSPS) is 15.1. The van der Waals surface area contributed by atoms with E-state index < -0.39 is 0 Å². The first-order chi connectivity index (χ1) is 16.1. The lowest BCUT2D eigenvalue weighted by Crippen LogP contribution is -2.38. The second-order valence-corrected chi connectivity index (χ2v) is 9.17. The fourth-order valence-electron chi connectivity index (χ4n) is 4.70. The summed E-state index contributed by atoms with van der Waals surface area (Å²) in [6.45, 7) is 8.04. The molecule has 1 saturated heterocycles. The van der Waals surface area contributed by atoms with Crippen LogP contribution in [0.2, 0.25) is 0 Å². The van der Waals surface area contributed by atoms with Crippen LogP contribution in [-0.2, 0) is 19.6 Å². The van der Waals surface area contributed by atoms with Crippen molar-refractivity contribution in [2.75, 3.05) is 26.7 Å². The van der Waals surface area contributed by atoms with Crippen molar-refractivity contribution >= 4 is 0 Å². The van der Waals surface area contributed by atoms with Crippen molar-refractivity contribution in [2.45, 2.75) is 39.4 Å². The van der Waals surface area contributed by atoms with Gasteiger partial charge in [0.25, 0.3) is 0 Å². The van der Waals surface area contributed by atoms with E-state index in [1.54, 1.807) is 13.2 Å². The highest BCUT2D eigenvalue weighted by atomic mass is 16.5. The number of nitrogens with zero attached hydrogens (tertiary/aromatic N) is 3. The minimum absolute atomic E-state index is 0.290. The molecule has 0 spiro atoms. The molecule has 0 saturated carbocycles. The maximum absolute atomic E-state index is 10.5. The molecule has 1 N–H and O–H groups in total. The highest BCUT2D eigenvalue weighted by Crippen LogP contribution is 2.27. The van der Waals surface area contributed by atoms with Crippen molar-refractivity contribution in [3.05, 3.63) is 89.2 Å². The van der Waals surface area contributed by atoms with Gasteiger partial charge in [0.1, 0.15) is 11.5 Å². The molecule has 0 aliphatic carbocycles. The standard InChI is InChI=1S/C28H35N3O2/c1-22-6-3-4-8-25(22)20-30-14-11-23(12-15-30)18-31(19-24-7-5-13-29-17-24)21-26-9-10-27(33-2)16-28(26)32/h3-10,13,16-17,23,32H,11-12,14-15,18-21H2,1-2H3. The van der Waals surface area contributed by atoms with Crippen molar-refractivity contribution < 1.29 is 9.84 Å². The van der Waals surface area contributed by atoms with Gasteiger partial charge in [-0.2, -0.15) is 0 Å². The minimum Gasteiger partial charge on any atom is -0.507 e. The summed E-state index contributed by atoms with van der Waals surface area (Å²) >= 11 is 0. The van der Waals surface area contributed by atoms with Gasteiger partial charge in [-0.1, -0.05) is 36.4 Å². The molecular weight excluding hydrogens is 410 g/mol. The summed E-state index contributed by atoms with van der Waals surface area (Å²) in [6, 6.07) is 18.4. The van der Waals surface area contributed by atoms with E-state index in [0.717, 1.165) is 38.3 Å². The van der Waals surface area contributed by atoms with Crippen LogP contribution < -0.4 is 4.74 Å². The smallest absolute Gasteiger partial charge is 0.123 e. The number of likely N-dealkylation sites (tertiary alicyclic amines) is 1. The first kappa shape index (κ1) is 23.3. The predicted octanol–water partition coefficient (Wildman–Crippen LogP) is 5.02. The third kappa shape index (κ3) is 6.56. The number of piperidine rings is 1. The molecule has 1 aliphatic rings. The fraction of sp³-hybridized carbons (Fsp3) is 0.393. The quantitative estimate of drug-likeness (QED) is 0.501. The molecule has 33 heavy (non-hydrogen) atoms. The number of aryl methyl sites for hydroxylation is 1. The summed E-state index contributed by atoms with van der Waals surface area (Å²) in [7, 11) is 1.62. The SMILES string of the molecule is COc1ccc(CN(Cc2cccnc2)CC2CCN(Cc3ccccc3C)CC2)c(O)c1. The number of phenolic OH excluding ortho intramolecular Hbond substituents is 1. The first-order valence-corrected chi connectivity index (χ1v) is 11.8. The van der Waals surface area contributed by atoms with Crippen LogP contribution in [0.15, 0.2) is 67.0 Å². The molecule has 0 unspecified atom stereocenters. The van der Waals surface area contributed by atoms with E-state index in [2.05, 4.69) is 52.0 Å². The molecule has 3 aromatic rings. The third-order valence-electron chi connectivity index (χ3n) is 6.69. The third-order valence-corrected chi connectivity index (χ3v) is 6.69. The number of aromatic nitrogens is 1. The number of hydrogen-bond acceptors (Lipinski definition) is 5. The van der Waals surface area contributed by atoms with Crippen LogP contribution in [0.1, 0.15) is 35.1 Å². The van der Waals surface area contributed by atoms with Gasteiger partial charge in [0.2, 0.25) is 0 Å². The Morgan fingerprint density at radius 3 is 2.55 bits per heavy atom. The van der Waals surface area contributed by atoms with Gasteiger partial charge in [-0.3, -0.25) is 14.8 Å². The Morgan fingerprint density at radius 1 is 1.03 bits per heavy atom. The number of rotatable bonds is 9. The topological polar surface area (TPSA) is 48.8 Å². The van der Waals surface area contributed by atoms with Crippen molar-refractivity contribution in [1.29, 1.82) is 0 Å². The molecule has 1 aromatic heterocycles. The van der Waals surface area contributed by atoms with Gasteiger partial charge in [0.15, 0.2) is 0 Å². The number of ether oxygens (including phenoxy) is 1. The van der Waals surface area contributed by atoms with E-state index in [1.165, 1.54) is 29.5 Å². The number of methoxy groups -OCH3 is 1. The van der Waals surface area contributed by atoms with Crippen molar-refractivity contribution in [3.63, 3.8) is 0 Å². The van der Waals surface area contributed by atoms with Gasteiger partial charge in [0, 0.05) is 50.2 Å². The zero-order chi connectivity index (χ0) is 23.0. The number of aromatic hydroxyl groups is 1. The molecule has 1 fully saturated rings. The second kappa shape index (κ2) is 11.3. The Labute approximate surface area is 197 Å². The largest absolute Gasteiger partial charge is 0.507 e. The molecule has 0 bridgehead atoms. The maximum atomic E-state index is 10.5. The molecule has 5 nitrogen and oxygen atoms in total. The Hall–Kier alpha value is -2.89. The van der Waals surface area contributed by atoms with E-state index in [9.17, 15) is 5.11 Å². The Balaban J connectivity index is 1.38. The van der Waals surface area contributed by atoms with Crippen molar-refractivity contribution in [1.82, 2.24) is 14.8 Å². The number of pyridine rings is 1. The molecule has 5 heteroatoms. The molecule has 0 radical (unpaired) electrons. The van der Waals surface area contributed by atoms with Gasteiger partial charge in [-0.25, -0.2) is 0 Å². The van der Waals surface area contributed by atoms with Crippen molar-refractivity contribution in [3.8, 4) is 11.5 Å². The number of benzene rings is 2. The predicted molar refractivity (Wildman–Crippen MR) is 132 cm³/mol. The lowest BCUT2D eigenvalue weighted by molar-refractivity contribution is 0.131. The summed E-state index contributed by atoms with van der Waals surface area (Å²) in [5.74, 6) is 1.62. The van der Waals surface area contributed by atoms with Crippen LogP contribution in [0, 0.1) is 12.8 Å². The summed E-state index contributed by atoms with van der Waals surface area (Å²) in [5, 5.41) is 10.5. The van der Waals surface area contributed by atoms with E-state index in [1.807, 2.05) is 30.6 Å². The number of hydrogen-bond donors (Lipinski definition) is 1. The molecule has 4 rings (SSSR count). The molecular formula is C28H35N3O2. The van der Waals surface area contributed by atoms with E-state index in [0.29, 0.717) is 24.0 Å². The summed E-state index contributed by atoms with van der Waals surface area (Å²) in [4.78, 5) is 9.32.